The lowest BCUT2D eigenvalue weighted by Gasteiger charge is -2.33. The monoisotopic (exact) mass is 347 g/mol. The highest BCUT2D eigenvalue weighted by Gasteiger charge is 2.25. The topological polar surface area (TPSA) is 72.3 Å². The molecule has 0 saturated carbocycles. The van der Waals surface area contributed by atoms with Crippen LogP contribution in [-0.2, 0) is 9.84 Å². The fourth-order valence-electron chi connectivity index (χ4n) is 3.02. The van der Waals surface area contributed by atoms with Gasteiger partial charge in [-0.1, -0.05) is 6.92 Å². The van der Waals surface area contributed by atoms with E-state index >= 15 is 0 Å². The molecule has 128 valence electrons. The van der Waals surface area contributed by atoms with Crippen LogP contribution in [0, 0.1) is 0 Å². The normalized spacial score (nSPS) is 18.5. The summed E-state index contributed by atoms with van der Waals surface area (Å²) in [6.45, 7) is 2.97. The first-order valence-corrected chi connectivity index (χ1v) is 9.76. The third kappa shape index (κ3) is 3.36. The van der Waals surface area contributed by atoms with E-state index in [9.17, 15) is 13.2 Å². The molecule has 1 fully saturated rings. The number of aromatic nitrogens is 2. The zero-order chi connectivity index (χ0) is 17.2. The van der Waals surface area contributed by atoms with Gasteiger partial charge >= 0.3 is 0 Å². The van der Waals surface area contributed by atoms with Crippen LogP contribution in [0.3, 0.4) is 0 Å². The Kier molecular flexibility index (Phi) is 4.71. The largest absolute Gasteiger partial charge is 0.337 e. The molecule has 0 unspecified atom stereocenters. The summed E-state index contributed by atoms with van der Waals surface area (Å²) < 4.78 is 25.7. The van der Waals surface area contributed by atoms with Crippen molar-refractivity contribution in [1.82, 2.24) is 14.5 Å². The summed E-state index contributed by atoms with van der Waals surface area (Å²) in [6, 6.07) is 6.48. The summed E-state index contributed by atoms with van der Waals surface area (Å²) in [5, 5.41) is 0. The maximum atomic E-state index is 12.7. The number of benzene rings is 1. The predicted octanol–water partition coefficient (Wildman–Crippen LogP) is 2.15. The van der Waals surface area contributed by atoms with Crippen molar-refractivity contribution in [2.75, 3.05) is 18.8 Å². The van der Waals surface area contributed by atoms with Crippen LogP contribution in [0.1, 0.15) is 36.2 Å². The highest BCUT2D eigenvalue weighted by Crippen LogP contribution is 2.23. The third-order valence-corrected chi connectivity index (χ3v) is 6.22. The molecular weight excluding hydrogens is 326 g/mol. The molecule has 2 heterocycles. The van der Waals surface area contributed by atoms with E-state index < -0.39 is 9.84 Å². The van der Waals surface area contributed by atoms with E-state index in [1.165, 1.54) is 12.1 Å². The van der Waals surface area contributed by atoms with E-state index in [2.05, 4.69) is 4.98 Å². The Morgan fingerprint density at radius 3 is 2.67 bits per heavy atom. The molecule has 1 aliphatic heterocycles. The zero-order valence-corrected chi connectivity index (χ0v) is 14.4. The van der Waals surface area contributed by atoms with Crippen LogP contribution < -0.4 is 0 Å². The lowest BCUT2D eigenvalue weighted by atomic mass is 10.0. The number of likely N-dealkylation sites (tertiary alicyclic amines) is 1. The molecule has 1 aliphatic rings. The fraction of sp³-hybridized carbons (Fsp3) is 0.412. The molecule has 24 heavy (non-hydrogen) atoms. The highest BCUT2D eigenvalue weighted by molar-refractivity contribution is 7.91. The van der Waals surface area contributed by atoms with E-state index in [0.717, 1.165) is 19.4 Å². The van der Waals surface area contributed by atoms with Gasteiger partial charge in [-0.25, -0.2) is 13.4 Å². The van der Waals surface area contributed by atoms with Gasteiger partial charge in [0.1, 0.15) is 0 Å². The van der Waals surface area contributed by atoms with Crippen molar-refractivity contribution >= 4 is 15.7 Å². The molecule has 0 aliphatic carbocycles. The number of nitrogens with zero attached hydrogens (tertiary/aromatic N) is 3. The van der Waals surface area contributed by atoms with Gasteiger partial charge in [-0.15, -0.1) is 0 Å². The van der Waals surface area contributed by atoms with Gasteiger partial charge in [0.25, 0.3) is 5.91 Å². The van der Waals surface area contributed by atoms with E-state index in [1.807, 2.05) is 15.7 Å². The van der Waals surface area contributed by atoms with Crippen molar-refractivity contribution in [2.24, 2.45) is 0 Å². The Morgan fingerprint density at radius 2 is 2.04 bits per heavy atom. The molecule has 7 heteroatoms. The van der Waals surface area contributed by atoms with E-state index in [1.54, 1.807) is 31.6 Å². The smallest absolute Gasteiger partial charge is 0.253 e. The van der Waals surface area contributed by atoms with Gasteiger partial charge in [0.2, 0.25) is 0 Å². The van der Waals surface area contributed by atoms with Gasteiger partial charge < -0.3 is 9.47 Å². The van der Waals surface area contributed by atoms with Gasteiger partial charge in [-0.05, 0) is 37.1 Å². The molecule has 1 aromatic heterocycles. The lowest BCUT2D eigenvalue weighted by molar-refractivity contribution is 0.0679. The first-order chi connectivity index (χ1) is 11.5. The number of hydrogen-bond donors (Lipinski definition) is 0. The molecule has 1 aromatic carbocycles. The summed E-state index contributed by atoms with van der Waals surface area (Å²) in [5.41, 5.74) is 0.524. The molecule has 2 aromatic rings. The third-order valence-electron chi connectivity index (χ3n) is 4.47. The predicted molar refractivity (Wildman–Crippen MR) is 90.6 cm³/mol. The number of carbonyl (C=O) groups excluding carboxylic acids is 1. The lowest BCUT2D eigenvalue weighted by Crippen LogP contribution is -2.40. The van der Waals surface area contributed by atoms with Crippen molar-refractivity contribution in [1.29, 1.82) is 0 Å². The second-order valence-electron chi connectivity index (χ2n) is 5.98. The molecule has 1 saturated heterocycles. The van der Waals surface area contributed by atoms with Gasteiger partial charge in [0.05, 0.1) is 23.0 Å². The SMILES string of the molecule is CCS(=O)(=O)c1ccc(C(=O)N2CCC[C@H](n3ccnc3)C2)cc1. The van der Waals surface area contributed by atoms with Gasteiger partial charge in [0.15, 0.2) is 9.84 Å². The van der Waals surface area contributed by atoms with Gasteiger partial charge in [-0.2, -0.15) is 0 Å². The average Bonchev–Trinajstić information content (AvgIpc) is 3.16. The molecular formula is C17H21N3O3S. The number of hydrogen-bond acceptors (Lipinski definition) is 4. The second kappa shape index (κ2) is 6.76. The summed E-state index contributed by atoms with van der Waals surface area (Å²) >= 11 is 0. The number of rotatable bonds is 4. The number of imidazole rings is 1. The first-order valence-electron chi connectivity index (χ1n) is 8.11. The average molecular weight is 347 g/mol. The Labute approximate surface area is 142 Å². The quantitative estimate of drug-likeness (QED) is 0.849. The number of amides is 1. The number of sulfone groups is 1. The van der Waals surface area contributed by atoms with Crippen LogP contribution in [0.5, 0.6) is 0 Å². The summed E-state index contributed by atoms with van der Waals surface area (Å²) in [4.78, 5) is 18.9. The minimum atomic E-state index is -3.24. The highest BCUT2D eigenvalue weighted by atomic mass is 32.2. The van der Waals surface area contributed by atoms with Crippen LogP contribution in [-0.4, -0.2) is 47.6 Å². The summed E-state index contributed by atoms with van der Waals surface area (Å²) in [5.74, 6) is -0.000746. The minimum Gasteiger partial charge on any atom is -0.337 e. The maximum Gasteiger partial charge on any atom is 0.253 e. The van der Waals surface area contributed by atoms with Crippen molar-refractivity contribution < 1.29 is 13.2 Å². The van der Waals surface area contributed by atoms with Crippen LogP contribution >= 0.6 is 0 Å². The van der Waals surface area contributed by atoms with Crippen molar-refractivity contribution in [3.63, 3.8) is 0 Å². The van der Waals surface area contributed by atoms with Crippen molar-refractivity contribution in [2.45, 2.75) is 30.7 Å². The zero-order valence-electron chi connectivity index (χ0n) is 13.6. The molecule has 0 spiro atoms. The van der Waals surface area contributed by atoms with E-state index in [-0.39, 0.29) is 22.6 Å². The Bertz CT molecular complexity index is 798. The van der Waals surface area contributed by atoms with Gasteiger partial charge in [-0.3, -0.25) is 4.79 Å². The van der Waals surface area contributed by atoms with Gasteiger partial charge in [0, 0.05) is 31.0 Å². The molecule has 1 atom stereocenters. The Morgan fingerprint density at radius 1 is 1.29 bits per heavy atom. The fourth-order valence-corrected chi connectivity index (χ4v) is 3.91. The number of carbonyl (C=O) groups is 1. The molecule has 6 nitrogen and oxygen atoms in total. The van der Waals surface area contributed by atoms with Crippen LogP contribution in [0.15, 0.2) is 47.9 Å². The first kappa shape index (κ1) is 16.7. The molecule has 0 radical (unpaired) electrons. The summed E-state index contributed by atoms with van der Waals surface area (Å²) in [6.07, 6.45) is 7.41. The standard InChI is InChI=1S/C17H21N3O3S/c1-2-24(22,23)16-7-5-14(6-8-16)17(21)19-10-3-4-15(12-19)20-11-9-18-13-20/h5-9,11,13,15H,2-4,10,12H2,1H3/t15-/m0/s1. The van der Waals surface area contributed by atoms with E-state index in [4.69, 9.17) is 0 Å². The Hall–Kier alpha value is -2.15. The van der Waals surface area contributed by atoms with Crippen LogP contribution in [0.4, 0.5) is 0 Å². The van der Waals surface area contributed by atoms with Crippen LogP contribution in [0.2, 0.25) is 0 Å². The Balaban J connectivity index is 1.74. The van der Waals surface area contributed by atoms with E-state index in [0.29, 0.717) is 12.1 Å². The molecule has 0 bridgehead atoms. The molecule has 3 rings (SSSR count). The van der Waals surface area contributed by atoms with Crippen molar-refractivity contribution in [3.8, 4) is 0 Å². The van der Waals surface area contributed by atoms with Crippen molar-refractivity contribution in [3.05, 3.63) is 48.5 Å². The number of piperidine rings is 1. The molecule has 0 N–H and O–H groups in total. The molecule has 1 amide bonds. The minimum absolute atomic E-state index is 0.0546. The maximum absolute atomic E-state index is 12.7. The second-order valence-corrected chi connectivity index (χ2v) is 8.26. The van der Waals surface area contributed by atoms with Crippen LogP contribution in [0.25, 0.3) is 0 Å². The summed E-state index contributed by atoms with van der Waals surface area (Å²) in [7, 11) is -3.24.